The van der Waals surface area contributed by atoms with E-state index in [-0.39, 0.29) is 34.3 Å². The molecular weight excluding hydrogens is 750 g/mol. The highest BCUT2D eigenvalue weighted by Crippen LogP contribution is 2.39. The van der Waals surface area contributed by atoms with Crippen molar-refractivity contribution in [1.82, 2.24) is 40.3 Å². The van der Waals surface area contributed by atoms with Gasteiger partial charge in [-0.15, -0.1) is 0 Å². The molecule has 2 aromatic carbocycles. The Bertz CT molecular complexity index is 2140. The van der Waals surface area contributed by atoms with Crippen LogP contribution in [0, 0.1) is 17.2 Å². The van der Waals surface area contributed by atoms with Crippen molar-refractivity contribution in [3.8, 4) is 23.0 Å². The SMILES string of the molecule is CCc1cccc2cc(O)cc(-c3ncc4c(N5CC6CCC(C5)N6)nc(OCCN5CCC(CN6CCN(CC(=O)NC(C=O)C(C)(C)C)CC6)CC5)nc4c3F)c12. The molecule has 4 aliphatic heterocycles. The molecule has 8 rings (SSSR count). The van der Waals surface area contributed by atoms with Gasteiger partial charge in [0, 0.05) is 76.2 Å². The maximum absolute atomic E-state index is 17.0. The third-order valence-corrected chi connectivity index (χ3v) is 12.9. The van der Waals surface area contributed by atoms with Gasteiger partial charge in [0.1, 0.15) is 35.7 Å². The summed E-state index contributed by atoms with van der Waals surface area (Å²) in [5.74, 6) is 0.672. The molecule has 3 unspecified atom stereocenters. The Morgan fingerprint density at radius 1 is 1.02 bits per heavy atom. The van der Waals surface area contributed by atoms with Gasteiger partial charge in [-0.05, 0) is 85.0 Å². The van der Waals surface area contributed by atoms with Crippen LogP contribution in [0.2, 0.25) is 0 Å². The van der Waals surface area contributed by atoms with Gasteiger partial charge in [0.2, 0.25) is 5.91 Å². The van der Waals surface area contributed by atoms with Gasteiger partial charge in [0.25, 0.3) is 0 Å². The lowest BCUT2D eigenvalue weighted by atomic mass is 9.87. The van der Waals surface area contributed by atoms with E-state index in [0.29, 0.717) is 47.9 Å². The van der Waals surface area contributed by atoms with E-state index in [4.69, 9.17) is 19.7 Å². The number of nitrogens with one attached hydrogen (secondary N) is 2. The molecule has 4 aromatic rings. The Labute approximate surface area is 346 Å². The largest absolute Gasteiger partial charge is 0.508 e. The maximum Gasteiger partial charge on any atom is 0.319 e. The molecule has 2 bridgehead atoms. The molecule has 59 heavy (non-hydrogen) atoms. The van der Waals surface area contributed by atoms with Gasteiger partial charge < -0.3 is 35.1 Å². The number of pyridine rings is 1. The van der Waals surface area contributed by atoms with E-state index in [1.807, 2.05) is 39.0 Å². The van der Waals surface area contributed by atoms with Crippen molar-refractivity contribution in [3.05, 3.63) is 47.9 Å². The number of hydrogen-bond donors (Lipinski definition) is 3. The number of carbonyl (C=O) groups excluding carboxylic acids is 2. The van der Waals surface area contributed by atoms with Gasteiger partial charge in [-0.3, -0.25) is 19.6 Å². The first-order valence-corrected chi connectivity index (χ1v) is 21.6. The number of halogens is 1. The van der Waals surface area contributed by atoms with Crippen LogP contribution < -0.4 is 20.3 Å². The second-order valence-electron chi connectivity index (χ2n) is 18.2. The standard InChI is InChI=1S/C45H60FN9O4/c1-5-30-7-6-8-31-21-34(57)22-35(39(30)31)41-40(46)42-36(23-47-41)43(55-25-32-9-10-33(26-55)48-32)51-44(50-42)59-20-19-52-13-11-29(12-14-52)24-53-15-17-54(18-16-53)27-38(58)49-37(28-56)45(2,3)4/h6-8,21-23,28-29,32-33,37,48,57H,5,9-20,24-27H2,1-4H3,(H,49,58). The van der Waals surface area contributed by atoms with Crippen LogP contribution in [-0.2, 0) is 16.0 Å². The molecule has 3 atom stereocenters. The molecule has 3 N–H and O–H groups in total. The number of anilines is 1. The van der Waals surface area contributed by atoms with Crippen molar-refractivity contribution >= 4 is 39.7 Å². The molecule has 316 valence electrons. The van der Waals surface area contributed by atoms with Gasteiger partial charge in [0.05, 0.1) is 18.0 Å². The minimum absolute atomic E-state index is 0.0541. The first-order valence-electron chi connectivity index (χ1n) is 21.6. The van der Waals surface area contributed by atoms with Crippen molar-refractivity contribution in [2.75, 3.05) is 83.5 Å². The summed E-state index contributed by atoms with van der Waals surface area (Å²) >= 11 is 0. The number of nitrogens with zero attached hydrogens (tertiary/aromatic N) is 7. The summed E-state index contributed by atoms with van der Waals surface area (Å²) in [6, 6.07) is 9.60. The lowest BCUT2D eigenvalue weighted by Crippen LogP contribution is -2.53. The lowest BCUT2D eigenvalue weighted by Gasteiger charge is -2.38. The molecule has 4 saturated heterocycles. The van der Waals surface area contributed by atoms with Crippen LogP contribution in [0.25, 0.3) is 32.9 Å². The number of ether oxygens (including phenoxy) is 1. The van der Waals surface area contributed by atoms with E-state index in [1.54, 1.807) is 18.3 Å². The molecule has 4 aliphatic rings. The Morgan fingerprint density at radius 2 is 1.75 bits per heavy atom. The predicted octanol–water partition coefficient (Wildman–Crippen LogP) is 4.63. The summed E-state index contributed by atoms with van der Waals surface area (Å²) in [4.78, 5) is 47.8. The number of aromatic hydroxyl groups is 1. The van der Waals surface area contributed by atoms with Gasteiger partial charge >= 0.3 is 6.01 Å². The Hall–Kier alpha value is -4.50. The molecule has 0 radical (unpaired) electrons. The van der Waals surface area contributed by atoms with Gasteiger partial charge in [-0.2, -0.15) is 9.97 Å². The molecule has 14 heteroatoms. The van der Waals surface area contributed by atoms with E-state index in [2.05, 4.69) is 37.2 Å². The number of aldehydes is 1. The van der Waals surface area contributed by atoms with E-state index in [9.17, 15) is 14.7 Å². The smallest absolute Gasteiger partial charge is 0.319 e. The van der Waals surface area contributed by atoms with Crippen molar-refractivity contribution in [1.29, 1.82) is 0 Å². The summed E-state index contributed by atoms with van der Waals surface area (Å²) in [5.41, 5.74) is 1.59. The zero-order valence-corrected chi connectivity index (χ0v) is 35.1. The number of piperidine rings is 1. The second-order valence-corrected chi connectivity index (χ2v) is 18.2. The van der Waals surface area contributed by atoms with Crippen LogP contribution in [0.5, 0.6) is 11.8 Å². The van der Waals surface area contributed by atoms with E-state index in [1.165, 1.54) is 0 Å². The van der Waals surface area contributed by atoms with Gasteiger partial charge in [0.15, 0.2) is 5.82 Å². The lowest BCUT2D eigenvalue weighted by molar-refractivity contribution is -0.126. The van der Waals surface area contributed by atoms with Crippen LogP contribution in [0.4, 0.5) is 10.2 Å². The number of phenols is 1. The number of aromatic nitrogens is 3. The Kier molecular flexibility index (Phi) is 12.3. The van der Waals surface area contributed by atoms with Crippen LogP contribution in [0.15, 0.2) is 36.5 Å². The number of phenolic OH excluding ortho intramolecular Hbond substituents is 1. The quantitative estimate of drug-likeness (QED) is 0.163. The average Bonchev–Trinajstić information content (AvgIpc) is 3.56. The van der Waals surface area contributed by atoms with E-state index >= 15 is 4.39 Å². The summed E-state index contributed by atoms with van der Waals surface area (Å²) in [7, 11) is 0. The molecule has 13 nitrogen and oxygen atoms in total. The van der Waals surface area contributed by atoms with Crippen LogP contribution >= 0.6 is 0 Å². The summed E-state index contributed by atoms with van der Waals surface area (Å²) in [5, 5.41) is 19.5. The predicted molar refractivity (Wildman–Crippen MR) is 228 cm³/mol. The molecule has 0 aliphatic carbocycles. The summed E-state index contributed by atoms with van der Waals surface area (Å²) in [6.45, 7) is 17.5. The summed E-state index contributed by atoms with van der Waals surface area (Å²) < 4.78 is 23.2. The highest BCUT2D eigenvalue weighted by molar-refractivity contribution is 6.01. The van der Waals surface area contributed by atoms with Crippen molar-refractivity contribution in [2.24, 2.45) is 11.3 Å². The number of piperazine rings is 2. The van der Waals surface area contributed by atoms with Crippen LogP contribution in [0.1, 0.15) is 58.9 Å². The molecular formula is C45H60FN9O4. The van der Waals surface area contributed by atoms with E-state index < -0.39 is 11.9 Å². The highest BCUT2D eigenvalue weighted by Gasteiger charge is 2.35. The number of aryl methyl sites for hydroxylation is 1. The Morgan fingerprint density at radius 3 is 2.44 bits per heavy atom. The van der Waals surface area contributed by atoms with Crippen molar-refractivity contribution in [3.63, 3.8) is 0 Å². The number of benzene rings is 2. The zero-order chi connectivity index (χ0) is 41.3. The molecule has 2 aromatic heterocycles. The highest BCUT2D eigenvalue weighted by atomic mass is 19.1. The zero-order valence-electron chi connectivity index (χ0n) is 35.1. The minimum atomic E-state index is -0.551. The van der Waals surface area contributed by atoms with E-state index in [0.717, 1.165) is 120 Å². The topological polar surface area (TPSA) is 139 Å². The number of fused-ring (bicyclic) bond motifs is 4. The van der Waals surface area contributed by atoms with Gasteiger partial charge in [-0.1, -0.05) is 45.9 Å². The molecule has 0 spiro atoms. The third kappa shape index (κ3) is 9.30. The first-order chi connectivity index (χ1) is 28.4. The number of carbonyl (C=O) groups is 2. The third-order valence-electron chi connectivity index (χ3n) is 12.9. The monoisotopic (exact) mass is 809 g/mol. The first kappa shape index (κ1) is 41.2. The number of hydrogen-bond acceptors (Lipinski definition) is 12. The molecule has 1 amide bonds. The second kappa shape index (κ2) is 17.6. The average molecular weight is 810 g/mol. The number of likely N-dealkylation sites (tertiary alicyclic amines) is 1. The normalized spacial score (nSPS) is 21.6. The molecule has 4 fully saturated rings. The number of amides is 1. The minimum Gasteiger partial charge on any atom is -0.508 e. The molecule has 6 heterocycles. The van der Waals surface area contributed by atoms with Crippen molar-refractivity contribution < 1.29 is 23.8 Å². The summed E-state index contributed by atoms with van der Waals surface area (Å²) in [6.07, 6.45) is 7.68. The fourth-order valence-corrected chi connectivity index (χ4v) is 9.49. The number of rotatable bonds is 13. The molecule has 0 saturated carbocycles. The van der Waals surface area contributed by atoms with Crippen molar-refractivity contribution in [2.45, 2.75) is 77.9 Å². The van der Waals surface area contributed by atoms with Gasteiger partial charge in [-0.25, -0.2) is 4.39 Å². The maximum atomic E-state index is 17.0. The fraction of sp³-hybridized carbons (Fsp3) is 0.578. The Balaban J connectivity index is 0.899. The van der Waals surface area contributed by atoms with Crippen LogP contribution in [-0.4, -0.2) is 144 Å². The van der Waals surface area contributed by atoms with Crippen LogP contribution in [0.3, 0.4) is 0 Å². The fourth-order valence-electron chi connectivity index (χ4n) is 9.49.